The highest BCUT2D eigenvalue weighted by molar-refractivity contribution is 6.51. The lowest BCUT2D eigenvalue weighted by atomic mass is 9.94. The van der Waals surface area contributed by atoms with Crippen LogP contribution in [0.2, 0.25) is 0 Å². The molecular weight excluding hydrogens is 474 g/mol. The second kappa shape index (κ2) is 8.89. The maximum atomic E-state index is 13.5. The van der Waals surface area contributed by atoms with Crippen LogP contribution in [-0.4, -0.2) is 36.3 Å². The molecule has 8 nitrogen and oxygen atoms in total. The summed E-state index contributed by atoms with van der Waals surface area (Å²) in [6, 6.07) is 16.7. The highest BCUT2D eigenvalue weighted by Gasteiger charge is 2.47. The number of carbonyl (C=O) groups excluding carboxylic acids is 2. The Bertz CT molecular complexity index is 1440. The van der Waals surface area contributed by atoms with Gasteiger partial charge in [-0.1, -0.05) is 12.1 Å². The summed E-state index contributed by atoms with van der Waals surface area (Å²) in [6.07, 6.45) is 0.734. The molecule has 3 aliphatic heterocycles. The van der Waals surface area contributed by atoms with E-state index in [4.69, 9.17) is 18.9 Å². The number of anilines is 1. The van der Waals surface area contributed by atoms with Crippen LogP contribution in [-0.2, 0) is 16.0 Å². The van der Waals surface area contributed by atoms with Crippen LogP contribution in [0.1, 0.15) is 36.6 Å². The zero-order valence-electron chi connectivity index (χ0n) is 20.4. The summed E-state index contributed by atoms with van der Waals surface area (Å²) in [7, 11) is 0. The number of carbonyl (C=O) groups is 2. The number of ether oxygens (including phenoxy) is 4. The summed E-state index contributed by atoms with van der Waals surface area (Å²) < 4.78 is 22.3. The van der Waals surface area contributed by atoms with Gasteiger partial charge in [0.1, 0.15) is 23.4 Å². The highest BCUT2D eigenvalue weighted by Crippen LogP contribution is 2.45. The molecule has 188 valence electrons. The van der Waals surface area contributed by atoms with Gasteiger partial charge in [-0.2, -0.15) is 0 Å². The van der Waals surface area contributed by atoms with Crippen LogP contribution < -0.4 is 23.8 Å². The van der Waals surface area contributed by atoms with Crippen LogP contribution in [0.5, 0.6) is 23.0 Å². The molecule has 1 N–H and O–H groups in total. The van der Waals surface area contributed by atoms with Gasteiger partial charge in [-0.05, 0) is 67.4 Å². The van der Waals surface area contributed by atoms with Crippen molar-refractivity contribution in [2.24, 2.45) is 0 Å². The molecule has 0 aliphatic carbocycles. The molecule has 2 atom stereocenters. The van der Waals surface area contributed by atoms with Gasteiger partial charge in [0.05, 0.1) is 18.2 Å². The molecule has 0 radical (unpaired) electrons. The van der Waals surface area contributed by atoms with E-state index in [1.54, 1.807) is 54.6 Å². The number of Topliss-reactive ketones (excluding diaryl/α,β-unsaturated/α-hetero) is 1. The highest BCUT2D eigenvalue weighted by atomic mass is 16.7. The number of rotatable bonds is 5. The molecule has 0 saturated carbocycles. The van der Waals surface area contributed by atoms with Crippen molar-refractivity contribution in [3.05, 3.63) is 82.9 Å². The lowest BCUT2D eigenvalue weighted by Crippen LogP contribution is -2.29. The Kier molecular flexibility index (Phi) is 5.52. The van der Waals surface area contributed by atoms with Crippen LogP contribution in [0.15, 0.2) is 66.2 Å². The molecule has 2 unspecified atom stereocenters. The third-order valence-electron chi connectivity index (χ3n) is 6.76. The Morgan fingerprint density at radius 2 is 1.76 bits per heavy atom. The van der Waals surface area contributed by atoms with Gasteiger partial charge in [-0.15, -0.1) is 0 Å². The molecule has 0 bridgehead atoms. The number of aliphatic hydroxyl groups excluding tert-OH is 1. The molecule has 1 fully saturated rings. The molecule has 1 amide bonds. The Hall–Kier alpha value is -4.46. The molecule has 0 spiro atoms. The SMILES string of the molecule is CCOc1ccc(C2/C(=C(\O)c3ccc4c(c3)CC(C)O4)C(=O)C(=O)N2c2ccc3c(c2)OCO3)cc1. The average molecular weight is 500 g/mol. The van der Waals surface area contributed by atoms with E-state index in [1.165, 1.54) is 4.90 Å². The first-order valence-corrected chi connectivity index (χ1v) is 12.2. The molecule has 37 heavy (non-hydrogen) atoms. The van der Waals surface area contributed by atoms with Gasteiger partial charge in [-0.25, -0.2) is 0 Å². The van der Waals surface area contributed by atoms with Crippen LogP contribution >= 0.6 is 0 Å². The van der Waals surface area contributed by atoms with Crippen LogP contribution in [0, 0.1) is 0 Å². The summed E-state index contributed by atoms with van der Waals surface area (Å²) in [4.78, 5) is 28.3. The Labute approximate surface area is 213 Å². The quantitative estimate of drug-likeness (QED) is 0.307. The number of nitrogens with zero attached hydrogens (tertiary/aromatic N) is 1. The summed E-state index contributed by atoms with van der Waals surface area (Å²) in [5.41, 5.74) is 2.52. The predicted molar refractivity (Wildman–Crippen MR) is 135 cm³/mol. The van der Waals surface area contributed by atoms with Crippen LogP contribution in [0.3, 0.4) is 0 Å². The van der Waals surface area contributed by atoms with Crippen molar-refractivity contribution in [2.75, 3.05) is 18.3 Å². The summed E-state index contributed by atoms with van der Waals surface area (Å²) in [5.74, 6) is 0.733. The van der Waals surface area contributed by atoms with Crippen molar-refractivity contribution in [1.29, 1.82) is 0 Å². The second-order valence-corrected chi connectivity index (χ2v) is 9.16. The van der Waals surface area contributed by atoms with Crippen molar-refractivity contribution in [2.45, 2.75) is 32.4 Å². The fourth-order valence-corrected chi connectivity index (χ4v) is 5.09. The minimum atomic E-state index is -0.862. The first kappa shape index (κ1) is 23.0. The first-order chi connectivity index (χ1) is 17.9. The number of hydrogen-bond donors (Lipinski definition) is 1. The van der Waals surface area contributed by atoms with Crippen molar-refractivity contribution >= 4 is 23.1 Å². The van der Waals surface area contributed by atoms with Crippen molar-refractivity contribution < 1.29 is 33.6 Å². The fourth-order valence-electron chi connectivity index (χ4n) is 5.09. The third kappa shape index (κ3) is 3.85. The summed E-state index contributed by atoms with van der Waals surface area (Å²) >= 11 is 0. The van der Waals surface area contributed by atoms with E-state index in [0.29, 0.717) is 47.1 Å². The maximum absolute atomic E-state index is 13.5. The van der Waals surface area contributed by atoms with Crippen LogP contribution in [0.25, 0.3) is 5.76 Å². The minimum absolute atomic E-state index is 0.0127. The predicted octanol–water partition coefficient (Wildman–Crippen LogP) is 4.76. The molecular formula is C29H25NO7. The normalized spacial score (nSPS) is 21.2. The van der Waals surface area contributed by atoms with Gasteiger partial charge in [-0.3, -0.25) is 14.5 Å². The molecule has 1 saturated heterocycles. The fraction of sp³-hybridized carbons (Fsp3) is 0.241. The van der Waals surface area contributed by atoms with Crippen molar-refractivity contribution in [3.8, 4) is 23.0 Å². The molecule has 3 aromatic rings. The number of hydrogen-bond acceptors (Lipinski definition) is 7. The van der Waals surface area contributed by atoms with Gasteiger partial charge in [0.2, 0.25) is 6.79 Å². The lowest BCUT2D eigenvalue weighted by molar-refractivity contribution is -0.132. The van der Waals surface area contributed by atoms with E-state index in [0.717, 1.165) is 11.3 Å². The summed E-state index contributed by atoms with van der Waals surface area (Å²) in [5, 5.41) is 11.5. The van der Waals surface area contributed by atoms with Gasteiger partial charge in [0.25, 0.3) is 11.7 Å². The molecule has 6 rings (SSSR count). The standard InChI is InChI=1S/C29H25NO7/c1-3-34-21-8-4-17(5-9-21)26-25(27(31)18-6-10-22-19(13-18)12-16(2)37-22)28(32)29(33)30(26)20-7-11-23-24(14-20)36-15-35-23/h4-11,13-14,16,26,31H,3,12,15H2,1-2H3/b27-25+. The van der Waals surface area contributed by atoms with E-state index in [1.807, 2.05) is 19.9 Å². The smallest absolute Gasteiger partial charge is 0.300 e. The van der Waals surface area contributed by atoms with Crippen LogP contribution in [0.4, 0.5) is 5.69 Å². The molecule has 8 heteroatoms. The van der Waals surface area contributed by atoms with E-state index in [9.17, 15) is 14.7 Å². The van der Waals surface area contributed by atoms with E-state index in [2.05, 4.69) is 0 Å². The molecule has 0 aromatic heterocycles. The third-order valence-corrected chi connectivity index (χ3v) is 6.76. The first-order valence-electron chi connectivity index (χ1n) is 12.2. The molecule has 3 aliphatic rings. The monoisotopic (exact) mass is 499 g/mol. The average Bonchev–Trinajstić information content (AvgIpc) is 3.59. The number of amides is 1. The van der Waals surface area contributed by atoms with Crippen molar-refractivity contribution in [1.82, 2.24) is 0 Å². The Morgan fingerprint density at radius 3 is 2.54 bits per heavy atom. The number of ketones is 1. The molecule has 3 aromatic carbocycles. The number of fused-ring (bicyclic) bond motifs is 2. The Balaban J connectivity index is 1.49. The second-order valence-electron chi connectivity index (χ2n) is 9.16. The van der Waals surface area contributed by atoms with E-state index in [-0.39, 0.29) is 24.2 Å². The zero-order valence-corrected chi connectivity index (χ0v) is 20.4. The molecule has 3 heterocycles. The maximum Gasteiger partial charge on any atom is 0.300 e. The summed E-state index contributed by atoms with van der Waals surface area (Å²) in [6.45, 7) is 4.46. The minimum Gasteiger partial charge on any atom is -0.507 e. The van der Waals surface area contributed by atoms with Gasteiger partial charge in [0, 0.05) is 23.7 Å². The van der Waals surface area contributed by atoms with Crippen molar-refractivity contribution in [3.63, 3.8) is 0 Å². The zero-order chi connectivity index (χ0) is 25.7. The number of benzene rings is 3. The van der Waals surface area contributed by atoms with Gasteiger partial charge < -0.3 is 24.1 Å². The topological polar surface area (TPSA) is 94.5 Å². The largest absolute Gasteiger partial charge is 0.507 e. The van der Waals surface area contributed by atoms with E-state index < -0.39 is 17.7 Å². The number of aliphatic hydroxyl groups is 1. The lowest BCUT2D eigenvalue weighted by Gasteiger charge is -2.25. The van der Waals surface area contributed by atoms with Gasteiger partial charge in [0.15, 0.2) is 11.5 Å². The Morgan fingerprint density at radius 1 is 1.00 bits per heavy atom. The van der Waals surface area contributed by atoms with Gasteiger partial charge >= 0.3 is 0 Å². The van der Waals surface area contributed by atoms with E-state index >= 15 is 0 Å².